The topological polar surface area (TPSA) is 114 Å². The Labute approximate surface area is 149 Å². The van der Waals surface area contributed by atoms with E-state index >= 15 is 0 Å². The number of aromatic nitrogens is 2. The molecule has 0 bridgehead atoms. The number of sulfonamides is 1. The molecule has 0 saturated carbocycles. The van der Waals surface area contributed by atoms with Crippen LogP contribution in [0, 0.1) is 0 Å². The van der Waals surface area contributed by atoms with Crippen LogP contribution in [0.2, 0.25) is 0 Å². The van der Waals surface area contributed by atoms with Gasteiger partial charge in [0.15, 0.2) is 0 Å². The predicted octanol–water partition coefficient (Wildman–Crippen LogP) is 1.71. The molecule has 9 heteroatoms. The Kier molecular flexibility index (Phi) is 4.02. The lowest BCUT2D eigenvalue weighted by molar-refractivity contribution is -0.115. The Hall–Kier alpha value is -3.04. The zero-order valence-electron chi connectivity index (χ0n) is 13.5. The fraction of sp³-hybridized carbons (Fsp3) is 0.118. The van der Waals surface area contributed by atoms with Gasteiger partial charge in [0.2, 0.25) is 27.7 Å². The summed E-state index contributed by atoms with van der Waals surface area (Å²) in [5, 5.41) is 10.4. The van der Waals surface area contributed by atoms with Gasteiger partial charge in [-0.25, -0.2) is 13.1 Å². The summed E-state index contributed by atoms with van der Waals surface area (Å²) in [6, 6.07) is 13.7. The Bertz CT molecular complexity index is 1080. The maximum atomic E-state index is 12.5. The second-order valence-electron chi connectivity index (χ2n) is 5.74. The molecule has 0 saturated heterocycles. The molecule has 4 rings (SSSR count). The fourth-order valence-corrected chi connectivity index (χ4v) is 3.66. The van der Waals surface area contributed by atoms with Gasteiger partial charge >= 0.3 is 0 Å². The molecule has 3 aromatic rings. The Morgan fingerprint density at radius 1 is 1.12 bits per heavy atom. The molecule has 2 aromatic carbocycles. The van der Waals surface area contributed by atoms with E-state index in [0.29, 0.717) is 17.1 Å². The summed E-state index contributed by atoms with van der Waals surface area (Å²) >= 11 is 0. The number of carbonyl (C=O) groups excluding carboxylic acids is 1. The number of benzene rings is 2. The van der Waals surface area contributed by atoms with E-state index in [0.717, 1.165) is 5.56 Å². The fourth-order valence-electron chi connectivity index (χ4n) is 2.64. The van der Waals surface area contributed by atoms with Crippen LogP contribution >= 0.6 is 0 Å². The molecular formula is C17H14N4O4S. The lowest BCUT2D eigenvalue weighted by atomic mass is 10.2. The molecule has 0 fully saturated rings. The van der Waals surface area contributed by atoms with Crippen molar-refractivity contribution < 1.29 is 17.6 Å². The van der Waals surface area contributed by atoms with Gasteiger partial charge in [-0.3, -0.25) is 4.79 Å². The molecule has 0 atom stereocenters. The second kappa shape index (κ2) is 6.36. The first kappa shape index (κ1) is 16.4. The third-order valence-corrected chi connectivity index (χ3v) is 5.31. The molecule has 0 unspecified atom stereocenters. The van der Waals surface area contributed by atoms with E-state index in [1.54, 1.807) is 6.07 Å². The van der Waals surface area contributed by atoms with Gasteiger partial charge in [-0.1, -0.05) is 18.2 Å². The van der Waals surface area contributed by atoms with Crippen molar-refractivity contribution in [2.24, 2.45) is 0 Å². The highest BCUT2D eigenvalue weighted by Crippen LogP contribution is 2.25. The van der Waals surface area contributed by atoms with Gasteiger partial charge in [0.05, 0.1) is 17.9 Å². The number of nitrogens with zero attached hydrogens (tertiary/aromatic N) is 2. The van der Waals surface area contributed by atoms with Gasteiger partial charge in [-0.2, -0.15) is 0 Å². The number of nitrogens with one attached hydrogen (secondary N) is 2. The second-order valence-corrected chi connectivity index (χ2v) is 7.50. The number of hydrogen-bond donors (Lipinski definition) is 2. The summed E-state index contributed by atoms with van der Waals surface area (Å²) in [5.41, 5.74) is 2.05. The smallest absolute Gasteiger partial charge is 0.247 e. The number of amides is 1. The quantitative estimate of drug-likeness (QED) is 0.707. The third-order valence-electron chi connectivity index (χ3n) is 3.91. The summed E-state index contributed by atoms with van der Waals surface area (Å²) in [6.07, 6.45) is 0.169. The third kappa shape index (κ3) is 3.22. The van der Waals surface area contributed by atoms with Gasteiger partial charge in [-0.15, -0.1) is 10.2 Å². The number of rotatable bonds is 5. The molecule has 0 spiro atoms. The van der Waals surface area contributed by atoms with Crippen molar-refractivity contribution in [1.82, 2.24) is 14.9 Å². The average molecular weight is 370 g/mol. The van der Waals surface area contributed by atoms with Crippen LogP contribution in [-0.4, -0.2) is 24.5 Å². The standard InChI is InChI=1S/C17H14N4O4S/c22-15-9-12-8-13(6-7-14(12)19-15)26(23,24)18-10-16-20-21-17(25-16)11-4-2-1-3-5-11/h1-8,18H,9-10H2,(H,19,22). The van der Waals surface area contributed by atoms with Crippen LogP contribution in [0.25, 0.3) is 11.5 Å². The van der Waals surface area contributed by atoms with Crippen molar-refractivity contribution in [2.45, 2.75) is 17.9 Å². The first-order valence-electron chi connectivity index (χ1n) is 7.81. The minimum atomic E-state index is -3.77. The number of fused-ring (bicyclic) bond motifs is 1. The zero-order valence-corrected chi connectivity index (χ0v) is 14.3. The maximum Gasteiger partial charge on any atom is 0.247 e. The molecule has 1 aromatic heterocycles. The van der Waals surface area contributed by atoms with Gasteiger partial charge in [0.25, 0.3) is 0 Å². The van der Waals surface area contributed by atoms with Crippen molar-refractivity contribution in [3.8, 4) is 11.5 Å². The molecule has 0 aliphatic carbocycles. The molecule has 1 aliphatic rings. The van der Waals surface area contributed by atoms with Crippen LogP contribution in [-0.2, 0) is 27.8 Å². The minimum absolute atomic E-state index is 0.0792. The summed E-state index contributed by atoms with van der Waals surface area (Å²) in [4.78, 5) is 11.5. The summed E-state index contributed by atoms with van der Waals surface area (Å²) in [5.74, 6) is 0.328. The largest absolute Gasteiger partial charge is 0.419 e. The van der Waals surface area contributed by atoms with Crippen molar-refractivity contribution >= 4 is 21.6 Å². The van der Waals surface area contributed by atoms with Gasteiger partial charge in [-0.05, 0) is 35.9 Å². The van der Waals surface area contributed by atoms with Gasteiger partial charge in [0, 0.05) is 11.3 Å². The summed E-state index contributed by atoms with van der Waals surface area (Å²) < 4.78 is 32.8. The van der Waals surface area contributed by atoms with E-state index in [1.165, 1.54) is 12.1 Å². The molecule has 0 radical (unpaired) electrons. The minimum Gasteiger partial charge on any atom is -0.419 e. The molecule has 1 amide bonds. The number of hydrogen-bond acceptors (Lipinski definition) is 6. The summed E-state index contributed by atoms with van der Waals surface area (Å²) in [6.45, 7) is -0.129. The number of anilines is 1. The molecule has 8 nitrogen and oxygen atoms in total. The Morgan fingerprint density at radius 2 is 1.92 bits per heavy atom. The molecule has 132 valence electrons. The summed E-state index contributed by atoms with van der Waals surface area (Å²) in [7, 11) is -3.77. The van der Waals surface area contributed by atoms with Crippen molar-refractivity contribution in [1.29, 1.82) is 0 Å². The average Bonchev–Trinajstić information content (AvgIpc) is 3.25. The molecule has 2 N–H and O–H groups in total. The van der Waals surface area contributed by atoms with Crippen molar-refractivity contribution in [2.75, 3.05) is 5.32 Å². The maximum absolute atomic E-state index is 12.5. The SMILES string of the molecule is O=C1Cc2cc(S(=O)(=O)NCc3nnc(-c4ccccc4)o3)ccc2N1. The van der Waals surface area contributed by atoms with Crippen molar-refractivity contribution in [3.05, 3.63) is 60.0 Å². The van der Waals surface area contributed by atoms with E-state index < -0.39 is 10.0 Å². The predicted molar refractivity (Wildman–Crippen MR) is 92.5 cm³/mol. The first-order chi connectivity index (χ1) is 12.5. The van der Waals surface area contributed by atoms with E-state index in [-0.39, 0.29) is 29.7 Å². The molecule has 26 heavy (non-hydrogen) atoms. The van der Waals surface area contributed by atoms with Crippen molar-refractivity contribution in [3.63, 3.8) is 0 Å². The van der Waals surface area contributed by atoms with Gasteiger partial charge < -0.3 is 9.73 Å². The first-order valence-corrected chi connectivity index (χ1v) is 9.30. The molecular weight excluding hydrogens is 356 g/mol. The Morgan fingerprint density at radius 3 is 2.73 bits per heavy atom. The lowest BCUT2D eigenvalue weighted by Gasteiger charge is -2.06. The van der Waals surface area contributed by atoms with E-state index in [4.69, 9.17) is 4.42 Å². The number of carbonyl (C=O) groups is 1. The van der Waals surface area contributed by atoms with Crippen LogP contribution in [0.3, 0.4) is 0 Å². The van der Waals surface area contributed by atoms with E-state index in [1.807, 2.05) is 30.3 Å². The Balaban J connectivity index is 1.49. The van der Waals surface area contributed by atoms with Crippen LogP contribution in [0.1, 0.15) is 11.5 Å². The lowest BCUT2D eigenvalue weighted by Crippen LogP contribution is -2.23. The highest BCUT2D eigenvalue weighted by molar-refractivity contribution is 7.89. The molecule has 1 aliphatic heterocycles. The van der Waals surface area contributed by atoms with Crippen LogP contribution < -0.4 is 10.0 Å². The van der Waals surface area contributed by atoms with E-state index in [2.05, 4.69) is 20.2 Å². The highest BCUT2D eigenvalue weighted by Gasteiger charge is 2.22. The molecule has 2 heterocycles. The zero-order chi connectivity index (χ0) is 18.1. The highest BCUT2D eigenvalue weighted by atomic mass is 32.2. The van der Waals surface area contributed by atoms with Gasteiger partial charge in [0.1, 0.15) is 0 Å². The monoisotopic (exact) mass is 370 g/mol. The van der Waals surface area contributed by atoms with Crippen LogP contribution in [0.5, 0.6) is 0 Å². The van der Waals surface area contributed by atoms with E-state index in [9.17, 15) is 13.2 Å². The van der Waals surface area contributed by atoms with Crippen LogP contribution in [0.15, 0.2) is 57.8 Å². The van der Waals surface area contributed by atoms with Crippen LogP contribution in [0.4, 0.5) is 5.69 Å². The normalized spacial score (nSPS) is 13.5.